The van der Waals surface area contributed by atoms with Crippen molar-refractivity contribution in [3.8, 4) is 0 Å². The molecule has 0 saturated carbocycles. The van der Waals surface area contributed by atoms with E-state index < -0.39 is 5.97 Å². The van der Waals surface area contributed by atoms with E-state index in [-0.39, 0.29) is 18.9 Å². The first-order chi connectivity index (χ1) is 10.1. The van der Waals surface area contributed by atoms with Gasteiger partial charge in [0, 0.05) is 36.7 Å². The molecule has 0 fully saturated rings. The van der Waals surface area contributed by atoms with Gasteiger partial charge in [-0.2, -0.15) is 0 Å². The van der Waals surface area contributed by atoms with Crippen LogP contribution in [0.3, 0.4) is 0 Å². The molecule has 0 radical (unpaired) electrons. The topological polar surface area (TPSA) is 62.5 Å². The summed E-state index contributed by atoms with van der Waals surface area (Å²) in [5.74, 6) is -1.00. The van der Waals surface area contributed by atoms with Crippen molar-refractivity contribution >= 4 is 22.8 Å². The molecule has 1 aromatic carbocycles. The third-order valence-corrected chi connectivity index (χ3v) is 3.62. The smallest absolute Gasteiger partial charge is 0.305 e. The van der Waals surface area contributed by atoms with Gasteiger partial charge in [0.05, 0.1) is 12.0 Å². The summed E-state index contributed by atoms with van der Waals surface area (Å²) < 4.78 is 2.04. The van der Waals surface area contributed by atoms with Crippen molar-refractivity contribution in [1.29, 1.82) is 0 Å². The average Bonchev–Trinajstić information content (AvgIpc) is 2.86. The lowest BCUT2D eigenvalue weighted by molar-refractivity contribution is -0.137. The van der Waals surface area contributed by atoms with Crippen molar-refractivity contribution in [3.63, 3.8) is 0 Å². The van der Waals surface area contributed by atoms with E-state index in [1.807, 2.05) is 48.9 Å². The highest BCUT2D eigenvalue weighted by molar-refractivity contribution is 6.07. The lowest BCUT2D eigenvalue weighted by Crippen LogP contribution is -2.32. The molecule has 0 aliphatic carbocycles. The number of fused-ring (bicyclic) bond motifs is 1. The third-order valence-electron chi connectivity index (χ3n) is 3.62. The maximum Gasteiger partial charge on any atom is 0.305 e. The van der Waals surface area contributed by atoms with Crippen molar-refractivity contribution in [2.75, 3.05) is 13.1 Å². The quantitative estimate of drug-likeness (QED) is 0.888. The molecule has 0 spiro atoms. The summed E-state index contributed by atoms with van der Waals surface area (Å²) in [6.45, 7) is 5.41. The molecule has 0 bridgehead atoms. The maximum absolute atomic E-state index is 12.7. The second-order valence-electron chi connectivity index (χ2n) is 4.87. The van der Waals surface area contributed by atoms with Crippen molar-refractivity contribution in [3.05, 3.63) is 36.0 Å². The van der Waals surface area contributed by atoms with E-state index in [0.717, 1.165) is 17.4 Å². The first-order valence-corrected chi connectivity index (χ1v) is 7.17. The molecule has 5 heteroatoms. The van der Waals surface area contributed by atoms with Crippen LogP contribution in [-0.4, -0.2) is 39.5 Å². The summed E-state index contributed by atoms with van der Waals surface area (Å²) in [6.07, 6.45) is 1.82. The minimum atomic E-state index is -0.891. The second-order valence-corrected chi connectivity index (χ2v) is 4.87. The molecule has 1 aromatic heterocycles. The lowest BCUT2D eigenvalue weighted by Gasteiger charge is -2.19. The van der Waals surface area contributed by atoms with Gasteiger partial charge in [-0.1, -0.05) is 18.2 Å². The van der Waals surface area contributed by atoms with E-state index in [9.17, 15) is 9.59 Å². The Kier molecular flexibility index (Phi) is 4.62. The predicted octanol–water partition coefficient (Wildman–Crippen LogP) is 2.60. The monoisotopic (exact) mass is 288 g/mol. The van der Waals surface area contributed by atoms with Crippen LogP contribution in [0.15, 0.2) is 30.5 Å². The number of amides is 1. The minimum absolute atomic E-state index is 0.0357. The number of carbonyl (C=O) groups is 2. The molecule has 0 aliphatic rings. The fraction of sp³-hybridized carbons (Fsp3) is 0.375. The largest absolute Gasteiger partial charge is 0.481 e. The SMILES string of the molecule is CCN(CCC(=O)O)C(=O)c1cn(CC)c2ccccc12. The number of rotatable bonds is 6. The number of carbonyl (C=O) groups excluding carboxylic acids is 1. The molecule has 1 amide bonds. The van der Waals surface area contributed by atoms with E-state index in [2.05, 4.69) is 0 Å². The Morgan fingerprint density at radius 2 is 1.95 bits per heavy atom. The van der Waals surface area contributed by atoms with Gasteiger partial charge in [-0.05, 0) is 19.9 Å². The van der Waals surface area contributed by atoms with Crippen LogP contribution in [0, 0.1) is 0 Å². The molecule has 2 aromatic rings. The van der Waals surface area contributed by atoms with Gasteiger partial charge in [-0.3, -0.25) is 9.59 Å². The number of carboxylic acids is 1. The first kappa shape index (κ1) is 15.1. The molecule has 2 rings (SSSR count). The Morgan fingerprint density at radius 1 is 1.24 bits per heavy atom. The number of aliphatic carboxylic acids is 1. The zero-order valence-electron chi connectivity index (χ0n) is 12.4. The molecule has 112 valence electrons. The molecule has 1 N–H and O–H groups in total. The molecule has 5 nitrogen and oxygen atoms in total. The van der Waals surface area contributed by atoms with Crippen LogP contribution in [-0.2, 0) is 11.3 Å². The van der Waals surface area contributed by atoms with Crippen LogP contribution in [0.2, 0.25) is 0 Å². The Hall–Kier alpha value is -2.30. The fourth-order valence-corrected chi connectivity index (χ4v) is 2.48. The third kappa shape index (κ3) is 3.07. The summed E-state index contributed by atoms with van der Waals surface area (Å²) in [5.41, 5.74) is 1.66. The van der Waals surface area contributed by atoms with Crippen LogP contribution < -0.4 is 0 Å². The maximum atomic E-state index is 12.7. The molecule has 21 heavy (non-hydrogen) atoms. The number of benzene rings is 1. The van der Waals surface area contributed by atoms with Crippen molar-refractivity contribution in [2.24, 2.45) is 0 Å². The van der Waals surface area contributed by atoms with Crippen molar-refractivity contribution in [2.45, 2.75) is 26.8 Å². The number of carboxylic acid groups (broad SMARTS) is 1. The number of aryl methyl sites for hydroxylation is 1. The van der Waals surface area contributed by atoms with Gasteiger partial charge in [0.2, 0.25) is 0 Å². The van der Waals surface area contributed by atoms with E-state index >= 15 is 0 Å². The zero-order chi connectivity index (χ0) is 15.4. The van der Waals surface area contributed by atoms with Gasteiger partial charge in [-0.25, -0.2) is 0 Å². The zero-order valence-corrected chi connectivity index (χ0v) is 12.4. The Balaban J connectivity index is 2.35. The van der Waals surface area contributed by atoms with Gasteiger partial charge >= 0.3 is 5.97 Å². The Bertz CT molecular complexity index is 661. The summed E-state index contributed by atoms with van der Waals surface area (Å²) in [4.78, 5) is 24.9. The van der Waals surface area contributed by atoms with E-state index in [1.165, 1.54) is 0 Å². The summed E-state index contributed by atoms with van der Waals surface area (Å²) in [5, 5.41) is 9.70. The van der Waals surface area contributed by atoms with E-state index in [0.29, 0.717) is 12.1 Å². The number of aromatic nitrogens is 1. The highest BCUT2D eigenvalue weighted by Gasteiger charge is 2.19. The van der Waals surface area contributed by atoms with Crippen LogP contribution in [0.4, 0.5) is 0 Å². The molecule has 0 atom stereocenters. The van der Waals surface area contributed by atoms with Crippen LogP contribution in [0.1, 0.15) is 30.6 Å². The van der Waals surface area contributed by atoms with Gasteiger partial charge < -0.3 is 14.6 Å². The molecule has 0 saturated heterocycles. The molecular weight excluding hydrogens is 268 g/mol. The normalized spacial score (nSPS) is 10.8. The highest BCUT2D eigenvalue weighted by Crippen LogP contribution is 2.22. The highest BCUT2D eigenvalue weighted by atomic mass is 16.4. The van der Waals surface area contributed by atoms with Gasteiger partial charge in [0.1, 0.15) is 0 Å². The van der Waals surface area contributed by atoms with Gasteiger partial charge in [0.25, 0.3) is 5.91 Å². The van der Waals surface area contributed by atoms with Gasteiger partial charge in [-0.15, -0.1) is 0 Å². The fourth-order valence-electron chi connectivity index (χ4n) is 2.48. The standard InChI is InChI=1S/C16H20N2O3/c1-3-17(10-9-15(19)20)16(21)13-11-18(4-2)14-8-6-5-7-12(13)14/h5-8,11H,3-4,9-10H2,1-2H3,(H,19,20). The molecule has 0 unspecified atom stereocenters. The van der Waals surface area contributed by atoms with Gasteiger partial charge in [0.15, 0.2) is 0 Å². The number of hydrogen-bond acceptors (Lipinski definition) is 2. The van der Waals surface area contributed by atoms with Crippen molar-refractivity contribution in [1.82, 2.24) is 9.47 Å². The molecule has 1 heterocycles. The summed E-state index contributed by atoms with van der Waals surface area (Å²) >= 11 is 0. The minimum Gasteiger partial charge on any atom is -0.481 e. The molecular formula is C16H20N2O3. The van der Waals surface area contributed by atoms with Crippen LogP contribution in [0.5, 0.6) is 0 Å². The Labute approximate surface area is 123 Å². The molecule has 0 aliphatic heterocycles. The van der Waals surface area contributed by atoms with Crippen LogP contribution in [0.25, 0.3) is 10.9 Å². The number of hydrogen-bond donors (Lipinski definition) is 1. The van der Waals surface area contributed by atoms with Crippen LogP contribution >= 0.6 is 0 Å². The number of nitrogens with zero attached hydrogens (tertiary/aromatic N) is 2. The first-order valence-electron chi connectivity index (χ1n) is 7.17. The van der Waals surface area contributed by atoms with E-state index in [4.69, 9.17) is 5.11 Å². The predicted molar refractivity (Wildman–Crippen MR) is 81.4 cm³/mol. The lowest BCUT2D eigenvalue weighted by atomic mass is 10.1. The number of para-hydroxylation sites is 1. The summed E-state index contributed by atoms with van der Waals surface area (Å²) in [7, 11) is 0. The average molecular weight is 288 g/mol. The van der Waals surface area contributed by atoms with Crippen molar-refractivity contribution < 1.29 is 14.7 Å². The summed E-state index contributed by atoms with van der Waals surface area (Å²) in [6, 6.07) is 7.78. The second kappa shape index (κ2) is 6.43. The Morgan fingerprint density at radius 3 is 2.57 bits per heavy atom. The van der Waals surface area contributed by atoms with E-state index in [1.54, 1.807) is 4.90 Å².